The predicted molar refractivity (Wildman–Crippen MR) is 144 cm³/mol. The standard InChI is InChI=1S/C30H35FN2O5/c1-21(2)18-32-30(35)28(14-22-10-6-5-7-11-22)33(19-23-12-8-9-13-27(23)31)29(34)20-38-26-16-24(36-3)15-25(17-26)37-4/h5-13,15-17,21,28H,14,18-20H2,1-4H3,(H,32,35)/t28-/m0/s1. The lowest BCUT2D eigenvalue weighted by atomic mass is 10.0. The maximum Gasteiger partial charge on any atom is 0.261 e. The summed E-state index contributed by atoms with van der Waals surface area (Å²) < 4.78 is 31.0. The van der Waals surface area contributed by atoms with Crippen LogP contribution in [-0.2, 0) is 22.6 Å². The number of amides is 2. The second-order valence-corrected chi connectivity index (χ2v) is 9.29. The molecule has 3 rings (SSSR count). The summed E-state index contributed by atoms with van der Waals surface area (Å²) in [6, 6.07) is 19.7. The minimum Gasteiger partial charge on any atom is -0.496 e. The van der Waals surface area contributed by atoms with E-state index in [4.69, 9.17) is 14.2 Å². The quantitative estimate of drug-likeness (QED) is 0.354. The summed E-state index contributed by atoms with van der Waals surface area (Å²) in [5, 5.41) is 2.94. The van der Waals surface area contributed by atoms with Crippen molar-refractivity contribution in [3.63, 3.8) is 0 Å². The number of halogens is 1. The number of rotatable bonds is 13. The average Bonchev–Trinajstić information content (AvgIpc) is 2.93. The lowest BCUT2D eigenvalue weighted by Gasteiger charge is -2.31. The van der Waals surface area contributed by atoms with E-state index in [1.807, 2.05) is 44.2 Å². The molecule has 8 heteroatoms. The van der Waals surface area contributed by atoms with Crippen LogP contribution in [0, 0.1) is 11.7 Å². The topological polar surface area (TPSA) is 77.1 Å². The van der Waals surface area contributed by atoms with Gasteiger partial charge in [0.1, 0.15) is 29.1 Å². The Morgan fingerprint density at radius 1 is 0.895 bits per heavy atom. The minimum atomic E-state index is -0.883. The van der Waals surface area contributed by atoms with Crippen molar-refractivity contribution in [2.45, 2.75) is 32.9 Å². The molecule has 0 radical (unpaired) electrons. The number of hydrogen-bond acceptors (Lipinski definition) is 5. The minimum absolute atomic E-state index is 0.0943. The van der Waals surface area contributed by atoms with Crippen LogP contribution in [0.5, 0.6) is 17.2 Å². The number of ether oxygens (including phenoxy) is 3. The maximum atomic E-state index is 14.7. The molecule has 0 unspecified atom stereocenters. The zero-order valence-electron chi connectivity index (χ0n) is 22.3. The number of carbonyl (C=O) groups is 2. The van der Waals surface area contributed by atoms with E-state index in [-0.39, 0.29) is 31.4 Å². The Hall–Kier alpha value is -4.07. The van der Waals surface area contributed by atoms with E-state index >= 15 is 0 Å². The summed E-state index contributed by atoms with van der Waals surface area (Å²) in [7, 11) is 3.04. The van der Waals surface area contributed by atoms with E-state index in [9.17, 15) is 14.0 Å². The van der Waals surface area contributed by atoms with Crippen molar-refractivity contribution in [2.24, 2.45) is 5.92 Å². The Morgan fingerprint density at radius 3 is 2.11 bits per heavy atom. The van der Waals surface area contributed by atoms with Gasteiger partial charge < -0.3 is 24.4 Å². The third-order valence-corrected chi connectivity index (χ3v) is 5.94. The summed E-state index contributed by atoms with van der Waals surface area (Å²) >= 11 is 0. The highest BCUT2D eigenvalue weighted by molar-refractivity contribution is 5.88. The van der Waals surface area contributed by atoms with Crippen LogP contribution in [0.2, 0.25) is 0 Å². The summed E-state index contributed by atoms with van der Waals surface area (Å²) in [6.07, 6.45) is 0.262. The summed E-state index contributed by atoms with van der Waals surface area (Å²) in [5.74, 6) is 0.369. The first-order valence-electron chi connectivity index (χ1n) is 12.5. The van der Waals surface area contributed by atoms with Crippen LogP contribution in [0.15, 0.2) is 72.8 Å². The molecule has 1 atom stereocenters. The molecule has 0 spiro atoms. The molecule has 0 aliphatic rings. The van der Waals surface area contributed by atoms with E-state index in [0.717, 1.165) is 5.56 Å². The molecule has 0 aliphatic heterocycles. The van der Waals surface area contributed by atoms with Crippen molar-refractivity contribution in [1.29, 1.82) is 0 Å². The van der Waals surface area contributed by atoms with Gasteiger partial charge in [-0.05, 0) is 17.5 Å². The molecule has 1 N–H and O–H groups in total. The zero-order valence-corrected chi connectivity index (χ0v) is 22.3. The van der Waals surface area contributed by atoms with E-state index in [1.165, 1.54) is 25.2 Å². The fourth-order valence-corrected chi connectivity index (χ4v) is 3.88. The largest absolute Gasteiger partial charge is 0.496 e. The van der Waals surface area contributed by atoms with Gasteiger partial charge in [0.2, 0.25) is 5.91 Å². The van der Waals surface area contributed by atoms with Crippen molar-refractivity contribution < 1.29 is 28.2 Å². The third kappa shape index (κ3) is 8.23. The predicted octanol–water partition coefficient (Wildman–Crippen LogP) is 4.63. The molecule has 0 aromatic heterocycles. The fraction of sp³-hybridized carbons (Fsp3) is 0.333. The Kier molecular flexibility index (Phi) is 10.5. The van der Waals surface area contributed by atoms with Crippen LogP contribution < -0.4 is 19.5 Å². The summed E-state index contributed by atoms with van der Waals surface area (Å²) in [4.78, 5) is 28.5. The van der Waals surface area contributed by atoms with Crippen molar-refractivity contribution in [3.8, 4) is 17.2 Å². The van der Waals surface area contributed by atoms with E-state index < -0.39 is 17.8 Å². The van der Waals surface area contributed by atoms with Gasteiger partial charge in [-0.25, -0.2) is 4.39 Å². The lowest BCUT2D eigenvalue weighted by Crippen LogP contribution is -2.52. The van der Waals surface area contributed by atoms with Crippen molar-refractivity contribution in [2.75, 3.05) is 27.4 Å². The highest BCUT2D eigenvalue weighted by atomic mass is 19.1. The monoisotopic (exact) mass is 522 g/mol. The number of hydrogen-bond donors (Lipinski definition) is 1. The molecular weight excluding hydrogens is 487 g/mol. The molecule has 0 aliphatic carbocycles. The van der Waals surface area contributed by atoms with Gasteiger partial charge in [0.05, 0.1) is 14.2 Å². The molecule has 0 heterocycles. The highest BCUT2D eigenvalue weighted by Gasteiger charge is 2.31. The van der Waals surface area contributed by atoms with Crippen LogP contribution in [0.25, 0.3) is 0 Å². The van der Waals surface area contributed by atoms with Gasteiger partial charge in [-0.15, -0.1) is 0 Å². The molecule has 0 saturated carbocycles. The number of carbonyl (C=O) groups excluding carboxylic acids is 2. The Bertz CT molecular complexity index is 1180. The maximum absolute atomic E-state index is 14.7. The second-order valence-electron chi connectivity index (χ2n) is 9.29. The molecule has 3 aromatic carbocycles. The van der Waals surface area contributed by atoms with Crippen LogP contribution >= 0.6 is 0 Å². The molecule has 0 saturated heterocycles. The van der Waals surface area contributed by atoms with E-state index in [2.05, 4.69) is 5.32 Å². The molecule has 7 nitrogen and oxygen atoms in total. The highest BCUT2D eigenvalue weighted by Crippen LogP contribution is 2.27. The normalized spacial score (nSPS) is 11.5. The van der Waals surface area contributed by atoms with E-state index in [1.54, 1.807) is 36.4 Å². The van der Waals surface area contributed by atoms with Gasteiger partial charge in [-0.2, -0.15) is 0 Å². The van der Waals surface area contributed by atoms with Gasteiger partial charge in [-0.1, -0.05) is 62.4 Å². The molecular formula is C30H35FN2O5. The average molecular weight is 523 g/mol. The van der Waals surface area contributed by atoms with Crippen LogP contribution in [0.1, 0.15) is 25.0 Å². The first kappa shape index (κ1) is 28.5. The van der Waals surface area contributed by atoms with Crippen molar-refractivity contribution in [3.05, 3.63) is 89.7 Å². The van der Waals surface area contributed by atoms with E-state index in [0.29, 0.717) is 29.4 Å². The number of nitrogens with zero attached hydrogens (tertiary/aromatic N) is 1. The molecule has 202 valence electrons. The van der Waals surface area contributed by atoms with Gasteiger partial charge in [0.15, 0.2) is 6.61 Å². The lowest BCUT2D eigenvalue weighted by molar-refractivity contribution is -0.142. The third-order valence-electron chi connectivity index (χ3n) is 5.94. The van der Waals surface area contributed by atoms with Crippen LogP contribution in [0.3, 0.4) is 0 Å². The summed E-state index contributed by atoms with van der Waals surface area (Å²) in [5.41, 5.74) is 1.18. The molecule has 0 fully saturated rings. The Balaban J connectivity index is 1.92. The van der Waals surface area contributed by atoms with Crippen molar-refractivity contribution >= 4 is 11.8 Å². The first-order valence-corrected chi connectivity index (χ1v) is 12.5. The van der Waals surface area contributed by atoms with Crippen molar-refractivity contribution in [1.82, 2.24) is 10.2 Å². The first-order chi connectivity index (χ1) is 18.3. The zero-order chi connectivity index (χ0) is 27.5. The van der Waals surface area contributed by atoms with Gasteiger partial charge in [-0.3, -0.25) is 9.59 Å². The molecule has 0 bridgehead atoms. The molecule has 2 amide bonds. The smallest absolute Gasteiger partial charge is 0.261 e. The molecule has 38 heavy (non-hydrogen) atoms. The second kappa shape index (κ2) is 14.0. The fourth-order valence-electron chi connectivity index (χ4n) is 3.88. The SMILES string of the molecule is COc1cc(OC)cc(OCC(=O)N(Cc2ccccc2F)[C@@H](Cc2ccccc2)C(=O)NCC(C)C)c1. The van der Waals surface area contributed by atoms with Crippen LogP contribution in [-0.4, -0.2) is 50.1 Å². The van der Waals surface area contributed by atoms with Gasteiger partial charge in [0.25, 0.3) is 5.91 Å². The van der Waals surface area contributed by atoms with Gasteiger partial charge >= 0.3 is 0 Å². The molecule has 3 aromatic rings. The summed E-state index contributed by atoms with van der Waals surface area (Å²) in [6.45, 7) is 3.97. The van der Waals surface area contributed by atoms with Crippen LogP contribution in [0.4, 0.5) is 4.39 Å². The number of nitrogens with one attached hydrogen (secondary N) is 1. The number of benzene rings is 3. The Labute approximate surface area is 223 Å². The van der Waals surface area contributed by atoms with Gasteiger partial charge in [0, 0.05) is 43.3 Å². The Morgan fingerprint density at radius 2 is 1.50 bits per heavy atom. The number of methoxy groups -OCH3 is 2.